The van der Waals surface area contributed by atoms with Gasteiger partial charge >= 0.3 is 0 Å². The molecule has 4 aromatic rings. The highest BCUT2D eigenvalue weighted by Crippen LogP contribution is 2.26. The Labute approximate surface area is 302 Å². The predicted octanol–water partition coefficient (Wildman–Crippen LogP) is 3.77. The van der Waals surface area contributed by atoms with Crippen LogP contribution in [-0.2, 0) is 22.7 Å². The van der Waals surface area contributed by atoms with Crippen molar-refractivity contribution >= 4 is 88.4 Å². The molecule has 0 amide bonds. The molecule has 16 heteroatoms. The molecular formula is C32H34Br2Cl2N6O6. The van der Waals surface area contributed by atoms with Crippen molar-refractivity contribution in [2.75, 3.05) is 13.1 Å². The second kappa shape index (κ2) is 16.4. The Hall–Kier alpha value is -2.56. The first-order valence-electron chi connectivity index (χ1n) is 15.5. The molecular weight excluding hydrogens is 795 g/mol. The molecule has 4 N–H and O–H groups in total. The van der Waals surface area contributed by atoms with Crippen LogP contribution in [0.5, 0.6) is 0 Å². The monoisotopic (exact) mass is 826 g/mol. The van der Waals surface area contributed by atoms with E-state index in [-0.39, 0.29) is 60.7 Å². The van der Waals surface area contributed by atoms with Crippen molar-refractivity contribution in [1.82, 2.24) is 29.7 Å². The van der Waals surface area contributed by atoms with Gasteiger partial charge in [-0.3, -0.25) is 28.3 Å². The fourth-order valence-electron chi connectivity index (χ4n) is 5.82. The first-order valence-corrected chi connectivity index (χ1v) is 17.8. The Morgan fingerprint density at radius 2 is 1.15 bits per heavy atom. The average Bonchev–Trinajstić information content (AvgIpc) is 3.05. The highest BCUT2D eigenvalue weighted by molar-refractivity contribution is 9.10. The summed E-state index contributed by atoms with van der Waals surface area (Å²) in [4.78, 5) is 58.0. The van der Waals surface area contributed by atoms with Gasteiger partial charge in [-0.05, 0) is 94.9 Å². The van der Waals surface area contributed by atoms with Gasteiger partial charge in [0.1, 0.15) is 0 Å². The number of Topliss-reactive ketones (excluding diaryl/α,β-unsaturated/α-hetero) is 2. The van der Waals surface area contributed by atoms with Crippen molar-refractivity contribution in [1.29, 1.82) is 0 Å². The molecule has 256 valence electrons. The Morgan fingerprint density at radius 3 is 1.52 bits per heavy atom. The van der Waals surface area contributed by atoms with E-state index in [2.05, 4.69) is 52.5 Å². The number of hydrogen-bond donors (Lipinski definition) is 4. The largest absolute Gasteiger partial charge is 0.391 e. The number of aliphatic hydroxyl groups is 2. The van der Waals surface area contributed by atoms with E-state index in [4.69, 9.17) is 23.2 Å². The highest BCUT2D eigenvalue weighted by atomic mass is 79.9. The summed E-state index contributed by atoms with van der Waals surface area (Å²) in [7, 11) is 0. The van der Waals surface area contributed by atoms with E-state index in [1.165, 1.54) is 21.8 Å². The van der Waals surface area contributed by atoms with Crippen LogP contribution in [0.15, 0.2) is 55.5 Å². The lowest BCUT2D eigenvalue weighted by Crippen LogP contribution is -2.46. The molecule has 2 aromatic carbocycles. The molecule has 4 atom stereocenters. The molecule has 12 nitrogen and oxygen atoms in total. The van der Waals surface area contributed by atoms with Crippen molar-refractivity contribution in [3.05, 3.63) is 76.6 Å². The molecule has 0 bridgehead atoms. The zero-order valence-corrected chi connectivity index (χ0v) is 30.4. The van der Waals surface area contributed by atoms with Crippen molar-refractivity contribution < 1.29 is 19.8 Å². The fourth-order valence-corrected chi connectivity index (χ4v) is 6.81. The summed E-state index contributed by atoms with van der Waals surface area (Å²) in [6.07, 6.45) is 5.24. The molecule has 0 aliphatic carbocycles. The predicted molar refractivity (Wildman–Crippen MR) is 191 cm³/mol. The Kier molecular flexibility index (Phi) is 12.6. The number of carbonyl (C=O) groups is 2. The van der Waals surface area contributed by atoms with Crippen LogP contribution in [0, 0.1) is 0 Å². The third kappa shape index (κ3) is 8.96. The number of rotatable bonds is 8. The Balaban J connectivity index is 0.000000188. The van der Waals surface area contributed by atoms with Crippen LogP contribution in [-0.4, -0.2) is 78.3 Å². The number of benzene rings is 2. The molecule has 4 heterocycles. The van der Waals surface area contributed by atoms with Gasteiger partial charge in [0.2, 0.25) is 0 Å². The van der Waals surface area contributed by atoms with Crippen molar-refractivity contribution in [3.63, 3.8) is 0 Å². The maximum Gasteiger partial charge on any atom is 0.261 e. The van der Waals surface area contributed by atoms with E-state index < -0.39 is 12.2 Å². The van der Waals surface area contributed by atoms with Crippen molar-refractivity contribution in [2.45, 2.75) is 75.9 Å². The summed E-state index contributed by atoms with van der Waals surface area (Å²) in [5.74, 6) is -0.250. The van der Waals surface area contributed by atoms with Crippen LogP contribution in [0.25, 0.3) is 21.8 Å². The Bertz CT molecular complexity index is 1820. The van der Waals surface area contributed by atoms with Crippen LogP contribution in [0.1, 0.15) is 38.5 Å². The minimum atomic E-state index is -0.523. The fraction of sp³-hybridized carbons (Fsp3) is 0.438. The van der Waals surface area contributed by atoms with Crippen molar-refractivity contribution in [2.24, 2.45) is 0 Å². The molecule has 2 aliphatic heterocycles. The number of nitrogens with zero attached hydrogens (tertiary/aromatic N) is 4. The number of ketones is 2. The maximum absolute atomic E-state index is 12.5. The van der Waals surface area contributed by atoms with Crippen LogP contribution in [0.4, 0.5) is 0 Å². The normalized spacial score (nSPS) is 21.1. The molecule has 2 aliphatic rings. The third-order valence-corrected chi connectivity index (χ3v) is 10.8. The van der Waals surface area contributed by atoms with E-state index >= 15 is 0 Å². The number of fused-ring (bicyclic) bond motifs is 2. The molecule has 48 heavy (non-hydrogen) atoms. The number of nitrogens with one attached hydrogen (secondary N) is 2. The minimum Gasteiger partial charge on any atom is -0.391 e. The molecule has 2 aromatic heterocycles. The van der Waals surface area contributed by atoms with E-state index in [1.54, 1.807) is 24.3 Å². The van der Waals surface area contributed by atoms with Gasteiger partial charge in [0.05, 0.1) is 69.8 Å². The van der Waals surface area contributed by atoms with Gasteiger partial charge in [-0.2, -0.15) is 0 Å². The van der Waals surface area contributed by atoms with Gasteiger partial charge in [0.15, 0.2) is 11.6 Å². The summed E-state index contributed by atoms with van der Waals surface area (Å²) in [5.41, 5.74) is 0.425. The molecule has 0 saturated carbocycles. The maximum atomic E-state index is 12.5. The summed E-state index contributed by atoms with van der Waals surface area (Å²) in [5, 5.41) is 27.7. The number of halogens is 4. The van der Waals surface area contributed by atoms with Crippen molar-refractivity contribution in [3.8, 4) is 0 Å². The zero-order valence-electron chi connectivity index (χ0n) is 25.7. The number of carbonyl (C=O) groups excluding carboxylic acids is 2. The molecule has 2 fully saturated rings. The molecule has 2 saturated heterocycles. The number of piperidine rings is 2. The third-order valence-electron chi connectivity index (χ3n) is 8.42. The van der Waals surface area contributed by atoms with Crippen LogP contribution >= 0.6 is 55.1 Å². The van der Waals surface area contributed by atoms with Gasteiger partial charge in [-0.1, -0.05) is 23.2 Å². The van der Waals surface area contributed by atoms with Gasteiger partial charge < -0.3 is 20.8 Å². The molecule has 0 radical (unpaired) electrons. The van der Waals surface area contributed by atoms with E-state index in [1.807, 2.05) is 0 Å². The van der Waals surface area contributed by atoms with Gasteiger partial charge in [0, 0.05) is 33.9 Å². The standard InChI is InChI=1S/2C16H17BrClN3O3/c2*17-11-6-13-10(5-12(11)18)16(24)21(8-20-13)7-9(22)4-14-15(23)2-1-3-19-14/h2*5-6,8,14-15,19,23H,1-4,7H2/t2*14-,15+/m10/s1. The van der Waals surface area contributed by atoms with Crippen LogP contribution in [0.3, 0.4) is 0 Å². The lowest BCUT2D eigenvalue weighted by Gasteiger charge is -2.28. The second-order valence-corrected chi connectivity index (χ2v) is 14.5. The second-order valence-electron chi connectivity index (χ2n) is 11.9. The molecule has 0 spiro atoms. The zero-order chi connectivity index (χ0) is 34.5. The first-order chi connectivity index (χ1) is 22.9. The summed E-state index contributed by atoms with van der Waals surface area (Å²) in [6.45, 7) is 1.44. The average molecular weight is 829 g/mol. The Morgan fingerprint density at radius 1 is 0.750 bits per heavy atom. The van der Waals surface area contributed by atoms with Crippen LogP contribution < -0.4 is 21.8 Å². The van der Waals surface area contributed by atoms with Gasteiger partial charge in [-0.15, -0.1) is 0 Å². The lowest BCUT2D eigenvalue weighted by molar-refractivity contribution is -0.121. The van der Waals surface area contributed by atoms with E-state index in [0.29, 0.717) is 53.6 Å². The smallest absolute Gasteiger partial charge is 0.261 e. The van der Waals surface area contributed by atoms with Crippen LogP contribution in [0.2, 0.25) is 10.0 Å². The van der Waals surface area contributed by atoms with E-state index in [9.17, 15) is 29.4 Å². The minimum absolute atomic E-state index is 0.0691. The first kappa shape index (κ1) is 36.7. The lowest BCUT2D eigenvalue weighted by atomic mass is 9.97. The topological polar surface area (TPSA) is 168 Å². The van der Waals surface area contributed by atoms with Gasteiger partial charge in [0.25, 0.3) is 11.1 Å². The number of aromatic nitrogens is 4. The summed E-state index contributed by atoms with van der Waals surface area (Å²) < 4.78 is 3.89. The summed E-state index contributed by atoms with van der Waals surface area (Å²) in [6, 6.07) is 5.94. The number of aliphatic hydroxyl groups excluding tert-OH is 2. The number of hydrogen-bond acceptors (Lipinski definition) is 10. The van der Waals surface area contributed by atoms with Gasteiger partial charge in [-0.25, -0.2) is 9.97 Å². The molecule has 6 rings (SSSR count). The molecule has 0 unspecified atom stereocenters. The SMILES string of the molecule is O=C(C[C@@H]1NCCC[C@H]1O)Cn1cnc2cc(Br)c(Cl)cc2c1=O.O=C(C[C@H]1NCCC[C@@H]1O)Cn1cnc2cc(Br)c(Cl)cc2c1=O. The van der Waals surface area contributed by atoms with E-state index in [0.717, 1.165) is 25.9 Å². The summed E-state index contributed by atoms with van der Waals surface area (Å²) >= 11 is 18.7. The quantitative estimate of drug-likeness (QED) is 0.205. The highest BCUT2D eigenvalue weighted by Gasteiger charge is 2.26.